The van der Waals surface area contributed by atoms with Crippen molar-refractivity contribution in [3.8, 4) is 0 Å². The molecule has 1 atom stereocenters. The van der Waals surface area contributed by atoms with E-state index in [4.69, 9.17) is 28.9 Å². The topological polar surface area (TPSA) is 64.7 Å². The number of rotatable bonds is 4. The van der Waals surface area contributed by atoms with E-state index in [1.165, 1.54) is 12.2 Å². The van der Waals surface area contributed by atoms with E-state index >= 15 is 0 Å². The molecule has 0 saturated carbocycles. The van der Waals surface area contributed by atoms with Crippen LogP contribution in [0.4, 0.5) is 13.2 Å². The molecule has 0 aliphatic rings. The predicted molar refractivity (Wildman–Crippen MR) is 70.3 cm³/mol. The van der Waals surface area contributed by atoms with E-state index in [0.717, 1.165) is 6.08 Å². The van der Waals surface area contributed by atoms with Crippen molar-refractivity contribution in [3.63, 3.8) is 0 Å². The molecule has 4 nitrogen and oxygen atoms in total. The Morgan fingerprint density at radius 2 is 1.80 bits per heavy atom. The fourth-order valence-electron chi connectivity index (χ4n) is 1.30. The highest BCUT2D eigenvalue weighted by atomic mass is 35.5. The van der Waals surface area contributed by atoms with Crippen LogP contribution in [0.1, 0.15) is 25.1 Å². The lowest BCUT2D eigenvalue weighted by atomic mass is 10.1. The summed E-state index contributed by atoms with van der Waals surface area (Å²) in [6, 6.07) is 0. The van der Waals surface area contributed by atoms with Crippen LogP contribution in [0.15, 0.2) is 23.9 Å². The lowest BCUT2D eigenvalue weighted by molar-refractivity contribution is -0.0926. The van der Waals surface area contributed by atoms with Crippen molar-refractivity contribution in [2.24, 2.45) is 5.73 Å². The predicted octanol–water partition coefficient (Wildman–Crippen LogP) is 3.63. The van der Waals surface area contributed by atoms with Gasteiger partial charge in [-0.1, -0.05) is 19.1 Å². The van der Waals surface area contributed by atoms with E-state index in [0.29, 0.717) is 6.42 Å². The first kappa shape index (κ1) is 16.7. The number of halogens is 5. The Hall–Kier alpha value is -1.34. The van der Waals surface area contributed by atoms with Gasteiger partial charge in [-0.3, -0.25) is 0 Å². The minimum atomic E-state index is -4.55. The summed E-state index contributed by atoms with van der Waals surface area (Å²) in [4.78, 5) is 11.4. The Morgan fingerprint density at radius 3 is 2.25 bits per heavy atom. The summed E-state index contributed by atoms with van der Waals surface area (Å²) in [6.07, 6.45) is -0.547. The minimum absolute atomic E-state index is 0.0720. The number of hydrogen-bond donors (Lipinski definition) is 1. The Balaban J connectivity index is 2.92. The fraction of sp³-hybridized carbons (Fsp3) is 0.364. The maximum atomic E-state index is 12.2. The van der Waals surface area contributed by atoms with Crippen LogP contribution in [0.3, 0.4) is 0 Å². The molecule has 1 unspecified atom stereocenters. The van der Waals surface area contributed by atoms with E-state index in [1.807, 2.05) is 6.92 Å². The molecule has 1 heterocycles. The number of nitrogens with zero attached hydrogens (tertiary/aromatic N) is 3. The molecule has 110 valence electrons. The summed E-state index contributed by atoms with van der Waals surface area (Å²) in [6.45, 7) is 1.82. The zero-order chi connectivity index (χ0) is 15.3. The molecule has 1 aromatic rings. The first-order valence-electron chi connectivity index (χ1n) is 5.52. The van der Waals surface area contributed by atoms with E-state index in [9.17, 15) is 13.2 Å². The number of nitrogens with two attached hydrogens (primary N) is 1. The highest BCUT2D eigenvalue weighted by molar-refractivity contribution is 6.31. The van der Waals surface area contributed by atoms with E-state index in [-0.39, 0.29) is 22.3 Å². The summed E-state index contributed by atoms with van der Waals surface area (Å²) < 4.78 is 36.6. The van der Waals surface area contributed by atoms with Gasteiger partial charge in [-0.15, -0.1) is 0 Å². The zero-order valence-electron chi connectivity index (χ0n) is 10.3. The van der Waals surface area contributed by atoms with Crippen LogP contribution in [0, 0.1) is 0 Å². The molecule has 0 bridgehead atoms. The Labute approximate surface area is 123 Å². The van der Waals surface area contributed by atoms with Gasteiger partial charge in [-0.2, -0.15) is 18.2 Å². The van der Waals surface area contributed by atoms with Gasteiger partial charge in [0.25, 0.3) is 0 Å². The molecule has 0 amide bonds. The molecule has 0 aliphatic carbocycles. The summed E-state index contributed by atoms with van der Waals surface area (Å²) in [5.74, 6) is -0.0574. The monoisotopic (exact) mass is 326 g/mol. The van der Waals surface area contributed by atoms with Gasteiger partial charge in [0.2, 0.25) is 10.6 Å². The van der Waals surface area contributed by atoms with Crippen LogP contribution in [0.2, 0.25) is 10.6 Å². The highest BCUT2D eigenvalue weighted by Crippen LogP contribution is 2.23. The second kappa shape index (κ2) is 6.90. The molecule has 0 spiro atoms. The third kappa shape index (κ3) is 4.97. The molecule has 1 aromatic heterocycles. The van der Waals surface area contributed by atoms with Crippen molar-refractivity contribution < 1.29 is 13.2 Å². The van der Waals surface area contributed by atoms with Crippen LogP contribution >= 0.6 is 23.2 Å². The third-order valence-electron chi connectivity index (χ3n) is 2.32. The van der Waals surface area contributed by atoms with Gasteiger partial charge < -0.3 is 5.73 Å². The Bertz CT molecular complexity index is 509. The third-order valence-corrected chi connectivity index (χ3v) is 2.65. The number of hydrogen-bond acceptors (Lipinski definition) is 4. The highest BCUT2D eigenvalue weighted by Gasteiger charge is 2.30. The molecular weight excluding hydrogens is 316 g/mol. The van der Waals surface area contributed by atoms with Crippen molar-refractivity contribution in [3.05, 3.63) is 40.3 Å². The first-order chi connectivity index (χ1) is 9.24. The molecule has 9 heteroatoms. The normalized spacial score (nSPS) is 14.8. The van der Waals surface area contributed by atoms with Crippen molar-refractivity contribution in [2.45, 2.75) is 25.4 Å². The largest absolute Gasteiger partial charge is 0.430 e. The molecule has 2 N–H and O–H groups in total. The minimum Gasteiger partial charge on any atom is -0.395 e. The van der Waals surface area contributed by atoms with E-state index in [2.05, 4.69) is 15.0 Å². The van der Waals surface area contributed by atoms with Gasteiger partial charge in [-0.25, -0.2) is 9.97 Å². The smallest absolute Gasteiger partial charge is 0.395 e. The van der Waals surface area contributed by atoms with Crippen molar-refractivity contribution in [1.29, 1.82) is 0 Å². The van der Waals surface area contributed by atoms with Gasteiger partial charge in [-0.05, 0) is 35.7 Å². The molecule has 0 fully saturated rings. The summed E-state index contributed by atoms with van der Waals surface area (Å²) >= 11 is 11.3. The number of aromatic nitrogens is 3. The lowest BCUT2D eigenvalue weighted by Crippen LogP contribution is -2.18. The van der Waals surface area contributed by atoms with Crippen LogP contribution in [-0.4, -0.2) is 21.1 Å². The first-order valence-corrected chi connectivity index (χ1v) is 6.27. The van der Waals surface area contributed by atoms with Crippen molar-refractivity contribution in [2.75, 3.05) is 0 Å². The van der Waals surface area contributed by atoms with Crippen LogP contribution in [0.25, 0.3) is 0 Å². The summed E-state index contributed by atoms with van der Waals surface area (Å²) in [5.41, 5.74) is 3.68. The SMILES string of the molecule is CCC(/C=C\C=C(/N)C(F)(F)F)c1nc(Cl)nc(Cl)n1. The van der Waals surface area contributed by atoms with E-state index < -0.39 is 11.9 Å². The molecule has 20 heavy (non-hydrogen) atoms. The van der Waals surface area contributed by atoms with Crippen LogP contribution in [0.5, 0.6) is 0 Å². The number of alkyl halides is 3. The average Bonchev–Trinajstić information content (AvgIpc) is 2.31. The molecule has 1 rings (SSSR count). The standard InChI is InChI=1S/C11H11Cl2F3N4/c1-2-6(4-3-5-7(17)11(14,15)16)8-18-9(12)20-10(13)19-8/h3-6H,2,17H2,1H3/b4-3-,7-5-. The molecule has 0 radical (unpaired) electrons. The molecular formula is C11H11Cl2F3N4. The Morgan fingerprint density at radius 1 is 1.25 bits per heavy atom. The maximum absolute atomic E-state index is 12.2. The van der Waals surface area contributed by atoms with Crippen LogP contribution < -0.4 is 5.73 Å². The molecule has 0 saturated heterocycles. The molecule has 0 aromatic carbocycles. The van der Waals surface area contributed by atoms with Crippen LogP contribution in [-0.2, 0) is 0 Å². The second-order valence-corrected chi connectivity index (χ2v) is 4.43. The van der Waals surface area contributed by atoms with Crippen molar-refractivity contribution in [1.82, 2.24) is 15.0 Å². The molecule has 0 aliphatic heterocycles. The maximum Gasteiger partial charge on any atom is 0.430 e. The fourth-order valence-corrected chi connectivity index (χ4v) is 1.68. The van der Waals surface area contributed by atoms with Gasteiger partial charge in [0.15, 0.2) is 0 Å². The van der Waals surface area contributed by atoms with Gasteiger partial charge in [0, 0.05) is 5.92 Å². The summed E-state index contributed by atoms with van der Waals surface area (Å²) in [7, 11) is 0. The second-order valence-electron chi connectivity index (χ2n) is 3.75. The van der Waals surface area contributed by atoms with E-state index in [1.54, 1.807) is 0 Å². The van der Waals surface area contributed by atoms with Gasteiger partial charge >= 0.3 is 6.18 Å². The average molecular weight is 327 g/mol. The van der Waals surface area contributed by atoms with Gasteiger partial charge in [0.05, 0.1) is 0 Å². The Kier molecular flexibility index (Phi) is 5.76. The van der Waals surface area contributed by atoms with Gasteiger partial charge in [0.1, 0.15) is 11.5 Å². The quantitative estimate of drug-likeness (QED) is 0.858. The number of allylic oxidation sites excluding steroid dienone is 4. The van der Waals surface area contributed by atoms with Crippen molar-refractivity contribution >= 4 is 23.2 Å². The zero-order valence-corrected chi connectivity index (χ0v) is 11.8. The summed E-state index contributed by atoms with van der Waals surface area (Å²) in [5, 5.41) is -0.144. The lowest BCUT2D eigenvalue weighted by Gasteiger charge is -2.08.